The lowest BCUT2D eigenvalue weighted by molar-refractivity contribution is -0.151. The summed E-state index contributed by atoms with van der Waals surface area (Å²) < 4.78 is 5.08. The van der Waals surface area contributed by atoms with Gasteiger partial charge in [0.25, 0.3) is 0 Å². The van der Waals surface area contributed by atoms with Gasteiger partial charge in [-0.2, -0.15) is 0 Å². The van der Waals surface area contributed by atoms with Crippen LogP contribution in [0.5, 0.6) is 0 Å². The molecule has 1 unspecified atom stereocenters. The number of amides is 1. The van der Waals surface area contributed by atoms with Crippen LogP contribution in [0.3, 0.4) is 0 Å². The zero-order valence-corrected chi connectivity index (χ0v) is 12.3. The van der Waals surface area contributed by atoms with Crippen LogP contribution in [0, 0.1) is 5.92 Å². The number of esters is 1. The zero-order chi connectivity index (χ0) is 14.3. The summed E-state index contributed by atoms with van der Waals surface area (Å²) in [4.78, 5) is 25.6. The summed E-state index contributed by atoms with van der Waals surface area (Å²) in [6, 6.07) is -0.251. The van der Waals surface area contributed by atoms with E-state index in [1.54, 1.807) is 6.92 Å². The van der Waals surface area contributed by atoms with Gasteiger partial charge in [0.1, 0.15) is 6.04 Å². The fourth-order valence-corrected chi connectivity index (χ4v) is 2.24. The summed E-state index contributed by atoms with van der Waals surface area (Å²) in [5.41, 5.74) is 0. The predicted octanol–water partition coefficient (Wildman–Crippen LogP) is 1.18. The van der Waals surface area contributed by atoms with Crippen molar-refractivity contribution < 1.29 is 14.3 Å². The molecule has 1 heterocycles. The van der Waals surface area contributed by atoms with E-state index in [0.29, 0.717) is 19.1 Å². The molecular formula is C14H26N2O3. The molecular weight excluding hydrogens is 244 g/mol. The number of likely N-dealkylation sites (tertiary alicyclic amines) is 1. The van der Waals surface area contributed by atoms with Crippen molar-refractivity contribution in [3.05, 3.63) is 0 Å². The first-order chi connectivity index (χ1) is 9.04. The van der Waals surface area contributed by atoms with Gasteiger partial charge in [-0.3, -0.25) is 14.5 Å². The van der Waals surface area contributed by atoms with Crippen molar-refractivity contribution in [1.82, 2.24) is 10.2 Å². The summed E-state index contributed by atoms with van der Waals surface area (Å²) in [5.74, 6) is 0.231. The number of nitrogens with zero attached hydrogens (tertiary/aromatic N) is 1. The van der Waals surface area contributed by atoms with Crippen LogP contribution in [0.1, 0.15) is 40.0 Å². The molecule has 0 saturated carbocycles. The first kappa shape index (κ1) is 16.0. The Bertz CT molecular complexity index is 305. The first-order valence-electron chi connectivity index (χ1n) is 7.22. The first-order valence-corrected chi connectivity index (χ1v) is 7.22. The van der Waals surface area contributed by atoms with Gasteiger partial charge in [0, 0.05) is 6.54 Å². The van der Waals surface area contributed by atoms with E-state index in [1.165, 1.54) is 0 Å². The Labute approximate surface area is 115 Å². The highest BCUT2D eigenvalue weighted by Crippen LogP contribution is 2.17. The Balaban J connectivity index is 2.47. The minimum atomic E-state index is -0.251. The molecule has 0 radical (unpaired) electrons. The lowest BCUT2D eigenvalue weighted by Gasteiger charge is -2.33. The molecule has 1 fully saturated rings. The molecule has 0 aromatic rings. The van der Waals surface area contributed by atoms with Crippen molar-refractivity contribution in [3.63, 3.8) is 0 Å². The molecule has 0 bridgehead atoms. The molecule has 1 amide bonds. The van der Waals surface area contributed by atoms with Gasteiger partial charge in [0.2, 0.25) is 5.91 Å². The number of nitrogens with one attached hydrogen (secondary N) is 1. The van der Waals surface area contributed by atoms with E-state index in [4.69, 9.17) is 4.74 Å². The molecule has 5 heteroatoms. The maximum Gasteiger partial charge on any atom is 0.323 e. The second-order valence-electron chi connectivity index (χ2n) is 5.43. The van der Waals surface area contributed by atoms with Gasteiger partial charge in [0.05, 0.1) is 13.2 Å². The van der Waals surface area contributed by atoms with Gasteiger partial charge in [-0.15, -0.1) is 0 Å². The van der Waals surface area contributed by atoms with Crippen LogP contribution in [-0.4, -0.2) is 49.1 Å². The van der Waals surface area contributed by atoms with Gasteiger partial charge in [0.15, 0.2) is 0 Å². The minimum absolute atomic E-state index is 0.00935. The van der Waals surface area contributed by atoms with Gasteiger partial charge in [-0.1, -0.05) is 20.3 Å². The largest absolute Gasteiger partial charge is 0.465 e. The molecule has 110 valence electrons. The molecule has 19 heavy (non-hydrogen) atoms. The topological polar surface area (TPSA) is 58.6 Å². The number of carbonyl (C=O) groups is 2. The van der Waals surface area contributed by atoms with E-state index in [2.05, 4.69) is 19.2 Å². The normalized spacial score (nSPS) is 20.3. The average Bonchev–Trinajstić information content (AvgIpc) is 2.37. The Morgan fingerprint density at radius 1 is 1.37 bits per heavy atom. The van der Waals surface area contributed by atoms with E-state index >= 15 is 0 Å². The van der Waals surface area contributed by atoms with Crippen LogP contribution in [0.15, 0.2) is 0 Å². The molecule has 1 rings (SSSR count). The molecule has 5 nitrogen and oxygen atoms in total. The molecule has 1 aliphatic heterocycles. The minimum Gasteiger partial charge on any atom is -0.465 e. The van der Waals surface area contributed by atoms with Crippen molar-refractivity contribution in [3.8, 4) is 0 Å². The molecule has 0 spiro atoms. The molecule has 0 aromatic heterocycles. The number of hydrogen-bond acceptors (Lipinski definition) is 4. The predicted molar refractivity (Wildman–Crippen MR) is 73.7 cm³/mol. The lowest BCUT2D eigenvalue weighted by Crippen LogP contribution is -2.49. The quantitative estimate of drug-likeness (QED) is 0.736. The maximum absolute atomic E-state index is 11.9. The summed E-state index contributed by atoms with van der Waals surface area (Å²) in [5, 5.41) is 2.89. The van der Waals surface area contributed by atoms with Crippen molar-refractivity contribution in [2.45, 2.75) is 46.1 Å². The van der Waals surface area contributed by atoms with Crippen molar-refractivity contribution in [1.29, 1.82) is 0 Å². The molecule has 1 aliphatic rings. The summed E-state index contributed by atoms with van der Waals surface area (Å²) in [7, 11) is 0. The summed E-state index contributed by atoms with van der Waals surface area (Å²) in [6.07, 6.45) is 2.84. The van der Waals surface area contributed by atoms with Crippen molar-refractivity contribution in [2.75, 3.05) is 26.2 Å². The molecule has 1 atom stereocenters. The number of carbonyl (C=O) groups excluding carboxylic acids is 2. The van der Waals surface area contributed by atoms with Crippen molar-refractivity contribution >= 4 is 11.9 Å². The zero-order valence-electron chi connectivity index (χ0n) is 12.3. The van der Waals surface area contributed by atoms with E-state index in [1.807, 2.05) is 4.90 Å². The van der Waals surface area contributed by atoms with Crippen molar-refractivity contribution in [2.24, 2.45) is 5.92 Å². The number of piperidine rings is 1. The van der Waals surface area contributed by atoms with Crippen LogP contribution >= 0.6 is 0 Å². The third kappa shape index (κ3) is 5.59. The molecule has 0 aliphatic carbocycles. The Kier molecular flexibility index (Phi) is 6.84. The molecule has 1 saturated heterocycles. The number of hydrogen-bond donors (Lipinski definition) is 1. The van der Waals surface area contributed by atoms with Gasteiger partial charge in [-0.05, 0) is 32.2 Å². The van der Waals surface area contributed by atoms with Crippen LogP contribution < -0.4 is 5.32 Å². The van der Waals surface area contributed by atoms with Gasteiger partial charge >= 0.3 is 5.97 Å². The Morgan fingerprint density at radius 2 is 2.11 bits per heavy atom. The smallest absolute Gasteiger partial charge is 0.323 e. The van der Waals surface area contributed by atoms with E-state index in [0.717, 1.165) is 25.8 Å². The van der Waals surface area contributed by atoms with E-state index < -0.39 is 0 Å². The van der Waals surface area contributed by atoms with E-state index in [-0.39, 0.29) is 24.5 Å². The van der Waals surface area contributed by atoms with Crippen LogP contribution in [-0.2, 0) is 14.3 Å². The Hall–Kier alpha value is -1.10. The third-order valence-corrected chi connectivity index (χ3v) is 3.23. The monoisotopic (exact) mass is 270 g/mol. The average molecular weight is 270 g/mol. The summed E-state index contributed by atoms with van der Waals surface area (Å²) >= 11 is 0. The highest BCUT2D eigenvalue weighted by Gasteiger charge is 2.30. The van der Waals surface area contributed by atoms with Crippen LogP contribution in [0.25, 0.3) is 0 Å². The third-order valence-electron chi connectivity index (χ3n) is 3.23. The Morgan fingerprint density at radius 3 is 2.74 bits per heavy atom. The number of rotatable bonds is 6. The highest BCUT2D eigenvalue weighted by atomic mass is 16.5. The molecule has 1 N–H and O–H groups in total. The van der Waals surface area contributed by atoms with Crippen LogP contribution in [0.2, 0.25) is 0 Å². The van der Waals surface area contributed by atoms with Gasteiger partial charge < -0.3 is 10.1 Å². The second-order valence-corrected chi connectivity index (χ2v) is 5.43. The van der Waals surface area contributed by atoms with E-state index in [9.17, 15) is 9.59 Å². The SMILES string of the molecule is CCOC(=O)C1CCCCN1CC(=O)NCC(C)C. The standard InChI is InChI=1S/C14H26N2O3/c1-4-19-14(18)12-7-5-6-8-16(12)10-13(17)15-9-11(2)3/h11-12H,4-10H2,1-3H3,(H,15,17). The second kappa shape index (κ2) is 8.15. The highest BCUT2D eigenvalue weighted by molar-refractivity contribution is 5.80. The molecule has 0 aromatic carbocycles. The number of ether oxygens (including phenoxy) is 1. The fraction of sp³-hybridized carbons (Fsp3) is 0.857. The lowest BCUT2D eigenvalue weighted by atomic mass is 10.0. The van der Waals surface area contributed by atoms with Gasteiger partial charge in [-0.25, -0.2) is 0 Å². The fourth-order valence-electron chi connectivity index (χ4n) is 2.24. The van der Waals surface area contributed by atoms with Crippen LogP contribution in [0.4, 0.5) is 0 Å². The maximum atomic E-state index is 11.9. The summed E-state index contributed by atoms with van der Waals surface area (Å²) in [6.45, 7) is 8.07.